The Bertz CT molecular complexity index is 1100. The molecule has 2 aromatic heterocycles. The highest BCUT2D eigenvalue weighted by molar-refractivity contribution is 5.75. The van der Waals surface area contributed by atoms with Crippen molar-refractivity contribution in [1.82, 2.24) is 15.0 Å². The van der Waals surface area contributed by atoms with Crippen LogP contribution in [0.25, 0.3) is 12.2 Å². The van der Waals surface area contributed by atoms with Gasteiger partial charge < -0.3 is 14.1 Å². The van der Waals surface area contributed by atoms with E-state index in [1.807, 2.05) is 30.4 Å². The van der Waals surface area contributed by atoms with E-state index in [0.29, 0.717) is 28.7 Å². The fourth-order valence-corrected chi connectivity index (χ4v) is 3.13. The average molecular weight is 337 g/mol. The number of hydrogen-bond acceptors (Lipinski definition) is 5. The van der Waals surface area contributed by atoms with Crippen molar-refractivity contribution in [3.8, 4) is 5.75 Å². The molecule has 3 aromatic rings. The number of nitrogens with zero attached hydrogens (tertiary/aromatic N) is 1. The van der Waals surface area contributed by atoms with Crippen molar-refractivity contribution in [1.29, 1.82) is 0 Å². The maximum Gasteiger partial charge on any atom is 0.325 e. The number of aryl methyl sites for hydroxylation is 1. The molecule has 7 heteroatoms. The summed E-state index contributed by atoms with van der Waals surface area (Å²) in [6.45, 7) is 1.76. The number of hydrogen-bond donors (Lipinski definition) is 2. The Morgan fingerprint density at radius 3 is 2.80 bits per heavy atom. The molecule has 0 amide bonds. The zero-order valence-electron chi connectivity index (χ0n) is 13.6. The molecule has 4 rings (SSSR count). The third-order valence-electron chi connectivity index (χ3n) is 4.24. The van der Waals surface area contributed by atoms with Crippen molar-refractivity contribution in [2.24, 2.45) is 0 Å². The van der Waals surface area contributed by atoms with Crippen LogP contribution in [0.3, 0.4) is 0 Å². The van der Waals surface area contributed by atoms with Crippen LogP contribution >= 0.6 is 0 Å². The molecule has 0 saturated carbocycles. The molecule has 1 unspecified atom stereocenters. The molecule has 0 saturated heterocycles. The van der Waals surface area contributed by atoms with Gasteiger partial charge in [0.2, 0.25) is 0 Å². The summed E-state index contributed by atoms with van der Waals surface area (Å²) in [5, 5.41) is 0. The van der Waals surface area contributed by atoms with Crippen molar-refractivity contribution in [3.05, 3.63) is 79.3 Å². The van der Waals surface area contributed by atoms with E-state index in [1.54, 1.807) is 14.0 Å². The number of methoxy groups -OCH3 is 1. The predicted octanol–water partition coefficient (Wildman–Crippen LogP) is 2.03. The summed E-state index contributed by atoms with van der Waals surface area (Å²) < 4.78 is 11.0. The molecule has 126 valence electrons. The fraction of sp³-hybridized carbons (Fsp3) is 0.167. The Labute approximate surface area is 142 Å². The van der Waals surface area contributed by atoms with Crippen molar-refractivity contribution in [3.63, 3.8) is 0 Å². The van der Waals surface area contributed by atoms with E-state index >= 15 is 0 Å². The average Bonchev–Trinajstić information content (AvgIpc) is 2.89. The highest BCUT2D eigenvalue weighted by atomic mass is 16.5. The van der Waals surface area contributed by atoms with Crippen LogP contribution in [0.15, 0.2) is 38.4 Å². The molecule has 7 nitrogen and oxygen atoms in total. The van der Waals surface area contributed by atoms with Crippen molar-refractivity contribution in [2.75, 3.05) is 7.11 Å². The SMILES string of the molecule is COc1ccc2c(c1)C=Cc1oc(C)nc1C2c1c[nH]c(=O)[nH]c1=O. The Balaban J connectivity index is 2.03. The van der Waals surface area contributed by atoms with Crippen LogP contribution in [0.4, 0.5) is 0 Å². The van der Waals surface area contributed by atoms with Gasteiger partial charge in [0.1, 0.15) is 5.75 Å². The topological polar surface area (TPSA) is 101 Å². The Morgan fingerprint density at radius 1 is 1.20 bits per heavy atom. The van der Waals surface area contributed by atoms with Gasteiger partial charge in [0.25, 0.3) is 5.56 Å². The van der Waals surface area contributed by atoms with Gasteiger partial charge in [-0.2, -0.15) is 0 Å². The number of aromatic amines is 2. The van der Waals surface area contributed by atoms with Gasteiger partial charge in [-0.05, 0) is 29.3 Å². The molecule has 1 aliphatic rings. The number of H-pyrrole nitrogens is 2. The van der Waals surface area contributed by atoms with Crippen LogP contribution in [-0.2, 0) is 0 Å². The summed E-state index contributed by atoms with van der Waals surface area (Å²) in [7, 11) is 1.60. The van der Waals surface area contributed by atoms with Crippen LogP contribution in [-0.4, -0.2) is 22.1 Å². The van der Waals surface area contributed by atoms with Crippen LogP contribution < -0.4 is 16.0 Å². The number of nitrogens with one attached hydrogen (secondary N) is 2. The van der Waals surface area contributed by atoms with Crippen molar-refractivity contribution < 1.29 is 9.15 Å². The molecule has 0 radical (unpaired) electrons. The van der Waals surface area contributed by atoms with Crippen LogP contribution in [0, 0.1) is 6.92 Å². The van der Waals surface area contributed by atoms with Gasteiger partial charge >= 0.3 is 5.69 Å². The van der Waals surface area contributed by atoms with E-state index in [-0.39, 0.29) is 0 Å². The minimum absolute atomic E-state index is 0.393. The van der Waals surface area contributed by atoms with Gasteiger partial charge in [0, 0.05) is 18.7 Å². The van der Waals surface area contributed by atoms with Gasteiger partial charge in [0.05, 0.1) is 18.7 Å². The molecule has 2 N–H and O–H groups in total. The molecule has 1 atom stereocenters. The zero-order valence-corrected chi connectivity index (χ0v) is 13.6. The summed E-state index contributed by atoms with van der Waals surface area (Å²) >= 11 is 0. The second-order valence-corrected chi connectivity index (χ2v) is 5.77. The minimum atomic E-state index is -0.549. The highest BCUT2D eigenvalue weighted by Crippen LogP contribution is 2.38. The Morgan fingerprint density at radius 2 is 2.04 bits per heavy atom. The molecule has 2 heterocycles. The van der Waals surface area contributed by atoms with E-state index in [4.69, 9.17) is 9.15 Å². The van der Waals surface area contributed by atoms with Gasteiger partial charge in [-0.15, -0.1) is 0 Å². The van der Waals surface area contributed by atoms with Gasteiger partial charge in [-0.25, -0.2) is 9.78 Å². The first-order chi connectivity index (χ1) is 12.1. The minimum Gasteiger partial charge on any atom is -0.497 e. The highest BCUT2D eigenvalue weighted by Gasteiger charge is 2.29. The van der Waals surface area contributed by atoms with E-state index in [2.05, 4.69) is 15.0 Å². The first-order valence-electron chi connectivity index (χ1n) is 7.72. The normalized spacial score (nSPS) is 15.4. The standard InChI is InChI=1S/C18H15N3O4/c1-9-20-16-14(25-9)6-3-10-7-11(24-2)4-5-12(10)15(16)13-8-19-18(23)21-17(13)22/h3-8,15H,1-2H3,(H2,19,21,22,23). The third kappa shape index (κ3) is 2.50. The maximum absolute atomic E-state index is 12.4. The number of benzene rings is 1. The quantitative estimate of drug-likeness (QED) is 0.583. The molecule has 25 heavy (non-hydrogen) atoms. The molecule has 0 spiro atoms. The largest absolute Gasteiger partial charge is 0.497 e. The maximum atomic E-state index is 12.4. The van der Waals surface area contributed by atoms with E-state index in [9.17, 15) is 9.59 Å². The Hall–Kier alpha value is -3.35. The number of fused-ring (bicyclic) bond motifs is 2. The van der Waals surface area contributed by atoms with Crippen molar-refractivity contribution in [2.45, 2.75) is 12.8 Å². The van der Waals surface area contributed by atoms with Gasteiger partial charge in [-0.3, -0.25) is 9.78 Å². The van der Waals surface area contributed by atoms with Gasteiger partial charge in [-0.1, -0.05) is 12.1 Å². The first kappa shape index (κ1) is 15.2. The molecule has 1 aromatic carbocycles. The lowest BCUT2D eigenvalue weighted by Gasteiger charge is -2.17. The number of rotatable bonds is 2. The van der Waals surface area contributed by atoms with Crippen LogP contribution in [0.1, 0.15) is 40.0 Å². The molecule has 0 aliphatic heterocycles. The van der Waals surface area contributed by atoms with Crippen molar-refractivity contribution >= 4 is 12.2 Å². The Kier molecular flexibility index (Phi) is 3.42. The molecule has 1 aliphatic carbocycles. The number of ether oxygens (including phenoxy) is 1. The lowest BCUT2D eigenvalue weighted by Crippen LogP contribution is -2.27. The third-order valence-corrected chi connectivity index (χ3v) is 4.24. The smallest absolute Gasteiger partial charge is 0.325 e. The molecular weight excluding hydrogens is 322 g/mol. The lowest BCUT2D eigenvalue weighted by molar-refractivity contribution is 0.414. The molecule has 0 fully saturated rings. The molecular formula is C18H15N3O4. The summed E-state index contributed by atoms with van der Waals surface area (Å²) in [4.78, 5) is 33.1. The fourth-order valence-electron chi connectivity index (χ4n) is 3.13. The lowest BCUT2D eigenvalue weighted by atomic mass is 9.87. The summed E-state index contributed by atoms with van der Waals surface area (Å²) in [5.74, 6) is 1.34. The van der Waals surface area contributed by atoms with Crippen LogP contribution in [0.5, 0.6) is 5.75 Å². The summed E-state index contributed by atoms with van der Waals surface area (Å²) in [6, 6.07) is 5.61. The van der Waals surface area contributed by atoms with Crippen LogP contribution in [0.2, 0.25) is 0 Å². The summed E-state index contributed by atoms with van der Waals surface area (Å²) in [5.41, 5.74) is 1.79. The van der Waals surface area contributed by atoms with E-state index in [1.165, 1.54) is 6.20 Å². The number of aromatic nitrogens is 3. The van der Waals surface area contributed by atoms with Gasteiger partial charge in [0.15, 0.2) is 11.7 Å². The van der Waals surface area contributed by atoms with E-state index in [0.717, 1.165) is 11.1 Å². The molecule has 0 bridgehead atoms. The second-order valence-electron chi connectivity index (χ2n) is 5.77. The first-order valence-corrected chi connectivity index (χ1v) is 7.72. The van der Waals surface area contributed by atoms with E-state index < -0.39 is 17.2 Å². The monoisotopic (exact) mass is 337 g/mol. The zero-order chi connectivity index (χ0) is 17.6. The predicted molar refractivity (Wildman–Crippen MR) is 91.8 cm³/mol. The summed E-state index contributed by atoms with van der Waals surface area (Å²) in [6.07, 6.45) is 5.16. The second kappa shape index (κ2) is 5.62. The number of oxazole rings is 1.